The molecule has 5 heteroatoms. The first kappa shape index (κ1) is 9.93. The number of aromatic nitrogens is 2. The fraction of sp³-hybridized carbons (Fsp3) is 0. The summed E-state index contributed by atoms with van der Waals surface area (Å²) >= 11 is 0. The lowest BCUT2D eigenvalue weighted by Crippen LogP contribution is -2.30. The van der Waals surface area contributed by atoms with Crippen LogP contribution in [0.5, 0.6) is 0 Å². The van der Waals surface area contributed by atoms with Crippen molar-refractivity contribution in [2.45, 2.75) is 0 Å². The van der Waals surface area contributed by atoms with E-state index in [4.69, 9.17) is 5.26 Å². The minimum atomic E-state index is 0.201. The molecule has 1 N–H and O–H groups in total. The highest BCUT2D eigenvalue weighted by Gasteiger charge is 2.05. The molecule has 0 fully saturated rings. The zero-order valence-electron chi connectivity index (χ0n) is 8.29. The minimum Gasteiger partial charge on any atom is -0.740 e. The summed E-state index contributed by atoms with van der Waals surface area (Å²) in [6, 6.07) is 10.3. The molecule has 16 heavy (non-hydrogen) atoms. The van der Waals surface area contributed by atoms with Crippen molar-refractivity contribution in [3.8, 4) is 6.07 Å². The number of nitrogens with one attached hydrogen (secondary N) is 1. The lowest BCUT2D eigenvalue weighted by Gasteiger charge is -2.06. The van der Waals surface area contributed by atoms with E-state index in [0.717, 1.165) is 0 Å². The number of hydrogen-bond acceptors (Lipinski definition) is 4. The van der Waals surface area contributed by atoms with Gasteiger partial charge in [-0.05, 0) is 24.3 Å². The van der Waals surface area contributed by atoms with Crippen LogP contribution in [0, 0.1) is 16.5 Å². The van der Waals surface area contributed by atoms with Gasteiger partial charge in [-0.25, -0.2) is 10.0 Å². The van der Waals surface area contributed by atoms with E-state index in [1.165, 1.54) is 12.4 Å². The van der Waals surface area contributed by atoms with Crippen molar-refractivity contribution in [3.05, 3.63) is 53.5 Å². The number of benzene rings is 1. The molecule has 0 saturated carbocycles. The van der Waals surface area contributed by atoms with Crippen molar-refractivity contribution < 1.29 is 4.73 Å². The third-order valence-electron chi connectivity index (χ3n) is 1.98. The van der Waals surface area contributed by atoms with Crippen molar-refractivity contribution >= 4 is 11.6 Å². The summed E-state index contributed by atoms with van der Waals surface area (Å²) in [6.07, 6.45) is 2.89. The minimum absolute atomic E-state index is 0.201. The van der Waals surface area contributed by atoms with E-state index in [9.17, 15) is 5.21 Å². The van der Waals surface area contributed by atoms with Crippen molar-refractivity contribution in [2.24, 2.45) is 0 Å². The van der Waals surface area contributed by atoms with E-state index in [0.29, 0.717) is 16.0 Å². The molecule has 0 unspecified atom stereocenters. The van der Waals surface area contributed by atoms with Gasteiger partial charge in [0.25, 0.3) is 0 Å². The summed E-state index contributed by atoms with van der Waals surface area (Å²) in [6.45, 7) is 0. The van der Waals surface area contributed by atoms with Gasteiger partial charge in [-0.3, -0.25) is 0 Å². The predicted octanol–water partition coefficient (Wildman–Crippen LogP) is 1.33. The van der Waals surface area contributed by atoms with Gasteiger partial charge in [-0.15, -0.1) is 0 Å². The van der Waals surface area contributed by atoms with E-state index >= 15 is 0 Å². The van der Waals surface area contributed by atoms with Gasteiger partial charge in [0.05, 0.1) is 23.5 Å². The van der Waals surface area contributed by atoms with Gasteiger partial charge in [0.15, 0.2) is 0 Å². The Kier molecular flexibility index (Phi) is 2.65. The second kappa shape index (κ2) is 4.28. The number of rotatable bonds is 2. The molecule has 2 aromatic rings. The van der Waals surface area contributed by atoms with Crippen LogP contribution in [0.15, 0.2) is 42.7 Å². The largest absolute Gasteiger partial charge is 0.740 e. The van der Waals surface area contributed by atoms with Gasteiger partial charge < -0.3 is 5.21 Å². The summed E-state index contributed by atoms with van der Waals surface area (Å²) in [5, 5.41) is 22.8. The molecule has 1 aromatic carbocycles. The maximum Gasteiger partial charge on any atom is 0.396 e. The molecule has 0 atom stereocenters. The van der Waals surface area contributed by atoms with Crippen molar-refractivity contribution in [1.82, 2.24) is 4.98 Å². The van der Waals surface area contributed by atoms with Crippen molar-refractivity contribution in [3.63, 3.8) is 0 Å². The molecule has 0 aliphatic carbocycles. The zero-order valence-corrected chi connectivity index (χ0v) is 8.29. The first-order chi connectivity index (χ1) is 7.79. The fourth-order valence-corrected chi connectivity index (χ4v) is 1.20. The molecule has 0 amide bonds. The molecule has 0 aliphatic heterocycles. The van der Waals surface area contributed by atoms with Crippen LogP contribution in [0.4, 0.5) is 11.6 Å². The average Bonchev–Trinajstić information content (AvgIpc) is 2.33. The van der Waals surface area contributed by atoms with E-state index in [2.05, 4.69) is 10.3 Å². The SMILES string of the molecule is N#Cc1ccc(Nc2nccc[n+]2[O-])cc1. The number of anilines is 2. The van der Waals surface area contributed by atoms with Crippen LogP contribution in [0.2, 0.25) is 0 Å². The first-order valence-corrected chi connectivity index (χ1v) is 4.61. The lowest BCUT2D eigenvalue weighted by molar-refractivity contribution is -0.592. The quantitative estimate of drug-likeness (QED) is 0.601. The molecule has 0 radical (unpaired) electrons. The van der Waals surface area contributed by atoms with Gasteiger partial charge in [-0.1, -0.05) is 4.98 Å². The van der Waals surface area contributed by atoms with Crippen LogP contribution in [-0.4, -0.2) is 4.98 Å². The van der Waals surface area contributed by atoms with Crippen molar-refractivity contribution in [1.29, 1.82) is 5.26 Å². The van der Waals surface area contributed by atoms with Crippen LogP contribution >= 0.6 is 0 Å². The van der Waals surface area contributed by atoms with Gasteiger partial charge >= 0.3 is 5.95 Å². The Labute approximate surface area is 92.2 Å². The summed E-state index contributed by atoms with van der Waals surface area (Å²) < 4.78 is 0.637. The van der Waals surface area contributed by atoms with Gasteiger partial charge in [-0.2, -0.15) is 5.26 Å². The third-order valence-corrected chi connectivity index (χ3v) is 1.98. The molecule has 2 rings (SSSR count). The molecule has 0 aliphatic rings. The molecular formula is C11H8N4O. The standard InChI is InChI=1S/C11H8N4O/c12-8-9-2-4-10(5-3-9)14-11-13-6-1-7-15(11)16/h1-7H,(H,13,14). The topological polar surface area (TPSA) is 75.7 Å². The lowest BCUT2D eigenvalue weighted by atomic mass is 10.2. The highest BCUT2D eigenvalue weighted by atomic mass is 16.5. The summed E-state index contributed by atoms with van der Waals surface area (Å²) in [5.41, 5.74) is 1.28. The second-order valence-electron chi connectivity index (χ2n) is 3.08. The maximum absolute atomic E-state index is 11.3. The average molecular weight is 212 g/mol. The first-order valence-electron chi connectivity index (χ1n) is 4.61. The van der Waals surface area contributed by atoms with E-state index in [-0.39, 0.29) is 5.95 Å². The Hall–Kier alpha value is -2.61. The van der Waals surface area contributed by atoms with E-state index in [1.807, 2.05) is 6.07 Å². The predicted molar refractivity (Wildman–Crippen MR) is 57.6 cm³/mol. The van der Waals surface area contributed by atoms with Gasteiger partial charge in [0.1, 0.15) is 6.20 Å². The molecule has 1 heterocycles. The Morgan fingerprint density at radius 3 is 2.69 bits per heavy atom. The van der Waals surface area contributed by atoms with Crippen molar-refractivity contribution in [2.75, 3.05) is 5.32 Å². The normalized spacial score (nSPS) is 9.44. The molecule has 1 aromatic heterocycles. The fourth-order valence-electron chi connectivity index (χ4n) is 1.20. The Balaban J connectivity index is 2.22. The molecular weight excluding hydrogens is 204 g/mol. The molecule has 0 spiro atoms. The highest BCUT2D eigenvalue weighted by Crippen LogP contribution is 2.11. The Bertz CT molecular complexity index is 530. The zero-order chi connectivity index (χ0) is 11.4. The highest BCUT2D eigenvalue weighted by molar-refractivity contribution is 5.53. The molecule has 78 valence electrons. The molecule has 0 bridgehead atoms. The Morgan fingerprint density at radius 1 is 1.31 bits per heavy atom. The summed E-state index contributed by atoms with van der Waals surface area (Å²) in [5.74, 6) is 0.201. The number of nitriles is 1. The van der Waals surface area contributed by atoms with Crippen LogP contribution < -0.4 is 10.0 Å². The second-order valence-corrected chi connectivity index (χ2v) is 3.08. The molecule has 5 nitrogen and oxygen atoms in total. The van der Waals surface area contributed by atoms with Crippen LogP contribution in [-0.2, 0) is 0 Å². The van der Waals surface area contributed by atoms with Crippen LogP contribution in [0.3, 0.4) is 0 Å². The smallest absolute Gasteiger partial charge is 0.396 e. The van der Waals surface area contributed by atoms with Crippen LogP contribution in [0.1, 0.15) is 5.56 Å². The van der Waals surface area contributed by atoms with Gasteiger partial charge in [0.2, 0.25) is 0 Å². The summed E-state index contributed by atoms with van der Waals surface area (Å²) in [7, 11) is 0. The van der Waals surface area contributed by atoms with Gasteiger partial charge in [0, 0.05) is 6.07 Å². The molecule has 0 saturated heterocycles. The Morgan fingerprint density at radius 2 is 2.06 bits per heavy atom. The summed E-state index contributed by atoms with van der Waals surface area (Å²) in [4.78, 5) is 3.89. The van der Waals surface area contributed by atoms with E-state index < -0.39 is 0 Å². The van der Waals surface area contributed by atoms with E-state index in [1.54, 1.807) is 30.3 Å². The number of hydrogen-bond donors (Lipinski definition) is 1. The maximum atomic E-state index is 11.3. The monoisotopic (exact) mass is 212 g/mol. The van der Waals surface area contributed by atoms with Crippen LogP contribution in [0.25, 0.3) is 0 Å². The third kappa shape index (κ3) is 2.07. The number of nitrogens with zero attached hydrogens (tertiary/aromatic N) is 3.